The zero-order valence-corrected chi connectivity index (χ0v) is 31.9. The Hall–Kier alpha value is -6.42. The average Bonchev–Trinajstić information content (AvgIpc) is 3.95. The highest BCUT2D eigenvalue weighted by Gasteiger charge is 2.45. The Morgan fingerprint density at radius 2 is 0.911 bits per heavy atom. The van der Waals surface area contributed by atoms with Crippen molar-refractivity contribution in [2.45, 2.75) is 31.1 Å². The molecule has 0 amide bonds. The van der Waals surface area contributed by atoms with Gasteiger partial charge in [0.25, 0.3) is 0 Å². The molecule has 9 aromatic rings. The summed E-state index contributed by atoms with van der Waals surface area (Å²) >= 11 is 1.88. The second-order valence-corrected chi connectivity index (χ2v) is 16.4. The van der Waals surface area contributed by atoms with Gasteiger partial charge in [0, 0.05) is 59.6 Å². The molecule has 1 heterocycles. The number of fused-ring (bicyclic) bond motifs is 7. The monoisotopic (exact) mass is 736 g/mol. The quantitative estimate of drug-likeness (QED) is 0.161. The maximum Gasteiger partial charge on any atom is 0.0540 e. The van der Waals surface area contributed by atoms with Crippen LogP contribution >= 0.6 is 11.3 Å². The van der Waals surface area contributed by atoms with Gasteiger partial charge in [0.05, 0.1) is 5.69 Å². The van der Waals surface area contributed by atoms with Crippen LogP contribution in [-0.2, 0) is 18.3 Å². The molecule has 0 N–H and O–H groups in total. The minimum absolute atomic E-state index is 0.0320. The topological polar surface area (TPSA) is 6.48 Å². The van der Waals surface area contributed by atoms with Gasteiger partial charge in [-0.1, -0.05) is 121 Å². The Morgan fingerprint density at radius 3 is 1.61 bits per heavy atom. The molecule has 0 saturated heterocycles. The average molecular weight is 737 g/mol. The van der Waals surface area contributed by atoms with Gasteiger partial charge in [-0.05, 0) is 126 Å². The van der Waals surface area contributed by atoms with Crippen molar-refractivity contribution in [1.82, 2.24) is 0 Å². The lowest BCUT2D eigenvalue weighted by atomic mass is 9.76. The first-order valence-electron chi connectivity index (χ1n) is 19.8. The molecule has 8 aromatic carbocycles. The number of rotatable bonds is 7. The van der Waals surface area contributed by atoms with E-state index in [4.69, 9.17) is 0 Å². The third kappa shape index (κ3) is 5.38. The highest BCUT2D eigenvalue weighted by Crippen LogP contribution is 2.55. The molecule has 0 aliphatic heterocycles. The summed E-state index contributed by atoms with van der Waals surface area (Å²) in [5.41, 5.74) is 15.5. The van der Waals surface area contributed by atoms with Crippen LogP contribution in [0.1, 0.15) is 35.1 Å². The molecule has 0 unspecified atom stereocenters. The summed E-state index contributed by atoms with van der Waals surface area (Å²) in [4.78, 5) is 4.92. The molecule has 2 aliphatic carbocycles. The number of hydrogen-bond acceptors (Lipinski definition) is 3. The van der Waals surface area contributed by atoms with Crippen molar-refractivity contribution in [2.24, 2.45) is 0 Å². The number of nitrogens with zero attached hydrogens (tertiary/aromatic N) is 2. The highest BCUT2D eigenvalue weighted by molar-refractivity contribution is 7.25. The van der Waals surface area contributed by atoms with Crippen molar-refractivity contribution >= 4 is 65.6 Å². The molecule has 1 aromatic heterocycles. The van der Waals surface area contributed by atoms with Crippen LogP contribution < -0.4 is 9.80 Å². The molecule has 0 radical (unpaired) electrons. The van der Waals surface area contributed by atoms with E-state index >= 15 is 0 Å². The predicted octanol–water partition coefficient (Wildman–Crippen LogP) is 14.8. The maximum absolute atomic E-state index is 2.53. The van der Waals surface area contributed by atoms with E-state index in [-0.39, 0.29) is 5.41 Å². The van der Waals surface area contributed by atoms with Gasteiger partial charge in [-0.2, -0.15) is 0 Å². The Morgan fingerprint density at radius 1 is 0.393 bits per heavy atom. The van der Waals surface area contributed by atoms with E-state index in [2.05, 4.69) is 204 Å². The molecule has 0 bridgehead atoms. The maximum atomic E-state index is 2.53. The minimum Gasteiger partial charge on any atom is -0.310 e. The van der Waals surface area contributed by atoms with E-state index in [0.717, 1.165) is 31.4 Å². The van der Waals surface area contributed by atoms with Crippen molar-refractivity contribution < 1.29 is 0 Å². The zero-order valence-electron chi connectivity index (χ0n) is 31.1. The molecule has 3 heteroatoms. The van der Waals surface area contributed by atoms with Crippen LogP contribution in [0.3, 0.4) is 0 Å². The summed E-state index contributed by atoms with van der Waals surface area (Å²) in [5, 5.41) is 2.66. The molecular weight excluding hydrogens is 697 g/mol. The van der Waals surface area contributed by atoms with E-state index in [1.54, 1.807) is 0 Å². The second-order valence-electron chi connectivity index (χ2n) is 15.3. The van der Waals surface area contributed by atoms with Crippen LogP contribution in [-0.4, -0.2) is 0 Å². The highest BCUT2D eigenvalue weighted by atomic mass is 32.1. The lowest BCUT2D eigenvalue weighted by Crippen LogP contribution is -2.22. The van der Waals surface area contributed by atoms with Crippen molar-refractivity contribution in [3.8, 4) is 11.1 Å². The molecule has 268 valence electrons. The van der Waals surface area contributed by atoms with Gasteiger partial charge < -0.3 is 9.80 Å². The first-order valence-corrected chi connectivity index (χ1v) is 20.6. The van der Waals surface area contributed by atoms with Crippen LogP contribution in [0.15, 0.2) is 194 Å². The third-order valence-corrected chi connectivity index (χ3v) is 13.4. The SMILES string of the molecule is c1ccc(-c2ccccc2N(c2ccccc2)c2ccc3c(c2)[C@]2(CCc4ccc(N(c5ccccc5)c5ccc6c(c5)sc5ccccc56)cc42)CC3)cc1. The van der Waals surface area contributed by atoms with Crippen molar-refractivity contribution in [2.75, 3.05) is 9.80 Å². The second kappa shape index (κ2) is 13.4. The Balaban J connectivity index is 1.05. The van der Waals surface area contributed by atoms with E-state index in [0.29, 0.717) is 0 Å². The zero-order chi connectivity index (χ0) is 37.1. The number of hydrogen-bond donors (Lipinski definition) is 0. The number of benzene rings is 8. The smallest absolute Gasteiger partial charge is 0.0540 e. The Bertz CT molecular complexity index is 2880. The van der Waals surface area contributed by atoms with Crippen LogP contribution in [0, 0.1) is 0 Å². The van der Waals surface area contributed by atoms with E-state index in [9.17, 15) is 0 Å². The fourth-order valence-electron chi connectivity index (χ4n) is 9.65. The number of para-hydroxylation sites is 3. The van der Waals surface area contributed by atoms with Crippen LogP contribution in [0.4, 0.5) is 34.1 Å². The molecule has 2 nitrogen and oxygen atoms in total. The lowest BCUT2D eigenvalue weighted by molar-refractivity contribution is 0.507. The van der Waals surface area contributed by atoms with E-state index in [1.165, 1.54) is 82.0 Å². The number of anilines is 6. The van der Waals surface area contributed by atoms with Crippen molar-refractivity contribution in [3.05, 3.63) is 216 Å². The standard InChI is InChI=1S/C53H40N2S/c1-4-14-37(15-5-1)45-20-10-12-22-50(45)55(41-18-8-3-9-19-41)43-27-25-39-31-33-53(49(39)35-43)32-30-38-24-26-42(34-48(38)53)54(40-16-6-2-7-17-40)44-28-29-47-46-21-11-13-23-51(46)56-52(47)36-44/h1-29,34-36H,30-33H2/t53-/m1/s1. The molecule has 11 rings (SSSR count). The summed E-state index contributed by atoms with van der Waals surface area (Å²) in [6.07, 6.45) is 4.45. The summed E-state index contributed by atoms with van der Waals surface area (Å²) in [6, 6.07) is 71.7. The van der Waals surface area contributed by atoms with Crippen molar-refractivity contribution in [3.63, 3.8) is 0 Å². The van der Waals surface area contributed by atoms with E-state index < -0.39 is 0 Å². The van der Waals surface area contributed by atoms with Gasteiger partial charge in [0.15, 0.2) is 0 Å². The van der Waals surface area contributed by atoms with Crippen molar-refractivity contribution in [1.29, 1.82) is 0 Å². The normalized spacial score (nSPS) is 15.6. The first kappa shape index (κ1) is 33.0. The van der Waals surface area contributed by atoms with Crippen LogP contribution in [0.5, 0.6) is 0 Å². The fraction of sp³-hybridized carbons (Fsp3) is 0.0943. The molecular formula is C53H40N2S. The summed E-state index contributed by atoms with van der Waals surface area (Å²) in [6.45, 7) is 0. The Kier molecular flexibility index (Phi) is 7.89. The molecule has 0 saturated carbocycles. The number of aryl methyl sites for hydroxylation is 2. The van der Waals surface area contributed by atoms with Gasteiger partial charge in [-0.15, -0.1) is 11.3 Å². The summed E-state index contributed by atoms with van der Waals surface area (Å²) in [5.74, 6) is 0. The molecule has 2 aliphatic rings. The van der Waals surface area contributed by atoms with Crippen LogP contribution in [0.2, 0.25) is 0 Å². The fourth-order valence-corrected chi connectivity index (χ4v) is 10.8. The predicted molar refractivity (Wildman–Crippen MR) is 238 cm³/mol. The molecule has 1 atom stereocenters. The van der Waals surface area contributed by atoms with Crippen LogP contribution in [0.25, 0.3) is 31.3 Å². The van der Waals surface area contributed by atoms with Gasteiger partial charge in [-0.25, -0.2) is 0 Å². The van der Waals surface area contributed by atoms with Gasteiger partial charge in [-0.3, -0.25) is 0 Å². The largest absolute Gasteiger partial charge is 0.310 e. The van der Waals surface area contributed by atoms with E-state index in [1.807, 2.05) is 11.3 Å². The summed E-state index contributed by atoms with van der Waals surface area (Å²) < 4.78 is 2.65. The molecule has 0 fully saturated rings. The lowest BCUT2D eigenvalue weighted by Gasteiger charge is -2.32. The minimum atomic E-state index is -0.0320. The molecule has 1 spiro atoms. The van der Waals surface area contributed by atoms with Gasteiger partial charge in [0.1, 0.15) is 0 Å². The third-order valence-electron chi connectivity index (χ3n) is 12.3. The number of thiophene rings is 1. The summed E-state index contributed by atoms with van der Waals surface area (Å²) in [7, 11) is 0. The first-order chi connectivity index (χ1) is 27.7. The molecule has 56 heavy (non-hydrogen) atoms. The Labute approximate surface area is 332 Å². The van der Waals surface area contributed by atoms with Gasteiger partial charge in [0.2, 0.25) is 0 Å². The van der Waals surface area contributed by atoms with Gasteiger partial charge >= 0.3 is 0 Å².